The van der Waals surface area contributed by atoms with Crippen LogP contribution in [-0.4, -0.2) is 60.9 Å². The highest BCUT2D eigenvalue weighted by atomic mass is 19.1. The second-order valence-electron chi connectivity index (χ2n) is 6.62. The Labute approximate surface area is 163 Å². The monoisotopic (exact) mass is 385 g/mol. The molecule has 1 N–H and O–H groups in total. The smallest absolute Gasteiger partial charge is 0.238 e. The van der Waals surface area contributed by atoms with Gasteiger partial charge in [0.25, 0.3) is 0 Å². The van der Waals surface area contributed by atoms with Crippen molar-refractivity contribution in [2.24, 2.45) is 0 Å². The molecule has 0 radical (unpaired) electrons. The third-order valence-corrected chi connectivity index (χ3v) is 4.55. The third kappa shape index (κ3) is 6.06. The molecule has 0 unspecified atom stereocenters. The van der Waals surface area contributed by atoms with Crippen LogP contribution in [0.15, 0.2) is 54.6 Å². The number of hydrogen-bond acceptors (Lipinski definition) is 4. The van der Waals surface area contributed by atoms with Gasteiger partial charge in [0.05, 0.1) is 19.6 Å². The van der Waals surface area contributed by atoms with Gasteiger partial charge in [0, 0.05) is 31.9 Å². The summed E-state index contributed by atoms with van der Waals surface area (Å²) in [6.45, 7) is 3.06. The number of benzene rings is 2. The molecular formula is C21H24FN3O3. The first-order valence-corrected chi connectivity index (χ1v) is 9.33. The molecule has 1 aliphatic heterocycles. The number of rotatable bonds is 7. The summed E-state index contributed by atoms with van der Waals surface area (Å²) in [5.41, 5.74) is 0.568. The van der Waals surface area contributed by atoms with E-state index in [9.17, 15) is 14.0 Å². The van der Waals surface area contributed by atoms with Crippen LogP contribution in [0, 0.1) is 5.82 Å². The molecule has 2 aromatic carbocycles. The molecular weight excluding hydrogens is 361 g/mol. The van der Waals surface area contributed by atoms with Crippen LogP contribution in [0.4, 0.5) is 10.1 Å². The molecule has 28 heavy (non-hydrogen) atoms. The molecule has 1 saturated heterocycles. The van der Waals surface area contributed by atoms with Crippen molar-refractivity contribution in [1.82, 2.24) is 9.80 Å². The topological polar surface area (TPSA) is 61.9 Å². The summed E-state index contributed by atoms with van der Waals surface area (Å²) in [7, 11) is 0. The summed E-state index contributed by atoms with van der Waals surface area (Å²) in [5.74, 6) is 0.328. The van der Waals surface area contributed by atoms with Crippen molar-refractivity contribution in [2.75, 3.05) is 44.6 Å². The Morgan fingerprint density at radius 3 is 2.32 bits per heavy atom. The largest absolute Gasteiger partial charge is 0.493 e. The maximum absolute atomic E-state index is 12.9. The Morgan fingerprint density at radius 2 is 1.64 bits per heavy atom. The lowest BCUT2D eigenvalue weighted by atomic mass is 10.2. The van der Waals surface area contributed by atoms with Crippen LogP contribution < -0.4 is 10.1 Å². The first-order valence-electron chi connectivity index (χ1n) is 9.33. The summed E-state index contributed by atoms with van der Waals surface area (Å²) in [6, 6.07) is 15.1. The van der Waals surface area contributed by atoms with E-state index >= 15 is 0 Å². The maximum atomic E-state index is 12.9. The van der Waals surface area contributed by atoms with Gasteiger partial charge in [-0.25, -0.2) is 4.39 Å². The zero-order valence-electron chi connectivity index (χ0n) is 15.6. The second-order valence-corrected chi connectivity index (χ2v) is 6.62. The molecule has 2 aromatic rings. The number of nitrogens with one attached hydrogen (secondary N) is 1. The predicted molar refractivity (Wildman–Crippen MR) is 105 cm³/mol. The van der Waals surface area contributed by atoms with Crippen molar-refractivity contribution in [1.29, 1.82) is 0 Å². The number of halogens is 1. The normalized spacial score (nSPS) is 14.5. The van der Waals surface area contributed by atoms with Crippen LogP contribution in [0.1, 0.15) is 6.42 Å². The van der Waals surface area contributed by atoms with Gasteiger partial charge < -0.3 is 15.0 Å². The molecule has 0 atom stereocenters. The lowest BCUT2D eigenvalue weighted by Gasteiger charge is -2.34. The van der Waals surface area contributed by atoms with Gasteiger partial charge in [-0.3, -0.25) is 14.5 Å². The van der Waals surface area contributed by atoms with Crippen LogP contribution in [0.3, 0.4) is 0 Å². The first kappa shape index (κ1) is 19.8. The quantitative estimate of drug-likeness (QED) is 0.795. The number of piperazine rings is 1. The number of para-hydroxylation sites is 1. The summed E-state index contributed by atoms with van der Waals surface area (Å²) in [4.78, 5) is 28.2. The SMILES string of the molecule is O=C(CN1CCN(C(=O)CCOc2ccccc2)CC1)Nc1ccc(F)cc1. The minimum absolute atomic E-state index is 0.0614. The minimum atomic E-state index is -0.340. The molecule has 1 aliphatic rings. The average Bonchev–Trinajstić information content (AvgIpc) is 2.71. The van der Waals surface area contributed by atoms with Gasteiger partial charge in [-0.05, 0) is 36.4 Å². The molecule has 0 aromatic heterocycles. The Bertz CT molecular complexity index is 775. The summed E-state index contributed by atoms with van der Waals surface area (Å²) < 4.78 is 18.5. The number of carbonyl (C=O) groups is 2. The Balaban J connectivity index is 1.34. The highest BCUT2D eigenvalue weighted by molar-refractivity contribution is 5.92. The molecule has 0 aliphatic carbocycles. The Kier molecular flexibility index (Phi) is 6.97. The van der Waals surface area contributed by atoms with E-state index in [0.717, 1.165) is 5.75 Å². The minimum Gasteiger partial charge on any atom is -0.493 e. The van der Waals surface area contributed by atoms with Crippen molar-refractivity contribution in [3.63, 3.8) is 0 Å². The van der Waals surface area contributed by atoms with E-state index in [1.54, 1.807) is 0 Å². The standard InChI is InChI=1S/C21H24FN3O3/c22-17-6-8-18(9-7-17)23-20(26)16-24-11-13-25(14-12-24)21(27)10-15-28-19-4-2-1-3-5-19/h1-9H,10-16H2,(H,23,26). The number of hydrogen-bond donors (Lipinski definition) is 1. The van der Waals surface area contributed by atoms with E-state index in [1.807, 2.05) is 40.1 Å². The lowest BCUT2D eigenvalue weighted by Crippen LogP contribution is -2.50. The summed E-state index contributed by atoms with van der Waals surface area (Å²) in [5, 5.41) is 2.75. The number of anilines is 1. The van der Waals surface area contributed by atoms with Gasteiger partial charge in [0.15, 0.2) is 0 Å². The summed E-state index contributed by atoms with van der Waals surface area (Å²) >= 11 is 0. The van der Waals surface area contributed by atoms with Crippen LogP contribution in [-0.2, 0) is 9.59 Å². The van der Waals surface area contributed by atoms with Gasteiger partial charge in [-0.2, -0.15) is 0 Å². The third-order valence-electron chi connectivity index (χ3n) is 4.55. The highest BCUT2D eigenvalue weighted by Crippen LogP contribution is 2.11. The predicted octanol–water partition coefficient (Wildman–Crippen LogP) is 2.38. The molecule has 1 fully saturated rings. The molecule has 1 heterocycles. The van der Waals surface area contributed by atoms with Crippen molar-refractivity contribution in [2.45, 2.75) is 6.42 Å². The van der Waals surface area contributed by atoms with Crippen LogP contribution in [0.5, 0.6) is 5.75 Å². The molecule has 3 rings (SSSR count). The summed E-state index contributed by atoms with van der Waals surface area (Å²) in [6.07, 6.45) is 0.333. The van der Waals surface area contributed by atoms with E-state index in [2.05, 4.69) is 5.32 Å². The van der Waals surface area contributed by atoms with Gasteiger partial charge in [0.2, 0.25) is 11.8 Å². The first-order chi connectivity index (χ1) is 13.6. The number of ether oxygens (including phenoxy) is 1. The van der Waals surface area contributed by atoms with Crippen molar-refractivity contribution in [3.05, 3.63) is 60.4 Å². The average molecular weight is 385 g/mol. The van der Waals surface area contributed by atoms with Gasteiger partial charge in [0.1, 0.15) is 11.6 Å². The van der Waals surface area contributed by atoms with Crippen LogP contribution >= 0.6 is 0 Å². The molecule has 0 bridgehead atoms. The lowest BCUT2D eigenvalue weighted by molar-refractivity contribution is -0.133. The molecule has 148 valence electrons. The van der Waals surface area contributed by atoms with E-state index in [1.165, 1.54) is 24.3 Å². The molecule has 0 spiro atoms. The fourth-order valence-corrected chi connectivity index (χ4v) is 3.02. The van der Waals surface area contributed by atoms with Crippen molar-refractivity contribution >= 4 is 17.5 Å². The van der Waals surface area contributed by atoms with Gasteiger partial charge in [-0.1, -0.05) is 18.2 Å². The van der Waals surface area contributed by atoms with Crippen LogP contribution in [0.25, 0.3) is 0 Å². The second kappa shape index (κ2) is 9.85. The molecule has 0 saturated carbocycles. The van der Waals surface area contributed by atoms with Crippen LogP contribution in [0.2, 0.25) is 0 Å². The van der Waals surface area contributed by atoms with E-state index in [4.69, 9.17) is 4.74 Å². The number of carbonyl (C=O) groups excluding carboxylic acids is 2. The maximum Gasteiger partial charge on any atom is 0.238 e. The Hall–Kier alpha value is -2.93. The van der Waals surface area contributed by atoms with E-state index in [-0.39, 0.29) is 24.2 Å². The molecule has 6 nitrogen and oxygen atoms in total. The fourth-order valence-electron chi connectivity index (χ4n) is 3.02. The van der Waals surface area contributed by atoms with Gasteiger partial charge >= 0.3 is 0 Å². The zero-order chi connectivity index (χ0) is 19.8. The fraction of sp³-hybridized carbons (Fsp3) is 0.333. The number of amides is 2. The van der Waals surface area contributed by atoms with Crippen molar-refractivity contribution < 1.29 is 18.7 Å². The van der Waals surface area contributed by atoms with E-state index in [0.29, 0.717) is 44.9 Å². The van der Waals surface area contributed by atoms with E-state index < -0.39 is 0 Å². The molecule has 7 heteroatoms. The van der Waals surface area contributed by atoms with Crippen molar-refractivity contribution in [3.8, 4) is 5.75 Å². The zero-order valence-corrected chi connectivity index (χ0v) is 15.6. The number of nitrogens with zero attached hydrogens (tertiary/aromatic N) is 2. The Morgan fingerprint density at radius 1 is 0.964 bits per heavy atom. The molecule has 2 amide bonds. The van der Waals surface area contributed by atoms with Gasteiger partial charge in [-0.15, -0.1) is 0 Å². The highest BCUT2D eigenvalue weighted by Gasteiger charge is 2.22.